The number of nitrogens with zero attached hydrogens (tertiary/aromatic N) is 1. The van der Waals surface area contributed by atoms with Gasteiger partial charge in [-0.15, -0.1) is 0 Å². The van der Waals surface area contributed by atoms with Crippen LogP contribution in [-0.2, 0) is 0 Å². The summed E-state index contributed by atoms with van der Waals surface area (Å²) >= 11 is 0. The lowest BCUT2D eigenvalue weighted by atomic mass is 10.2. The van der Waals surface area contributed by atoms with Crippen LogP contribution < -0.4 is 10.6 Å². The second-order valence-corrected chi connectivity index (χ2v) is 4.15. The van der Waals surface area contributed by atoms with Gasteiger partial charge in [0.05, 0.1) is 0 Å². The molecule has 0 bridgehead atoms. The Kier molecular flexibility index (Phi) is 5.72. The third-order valence-corrected chi connectivity index (χ3v) is 2.74. The Balaban J connectivity index is 2.24. The summed E-state index contributed by atoms with van der Waals surface area (Å²) in [6.07, 6.45) is 4.39. The molecule has 16 heavy (non-hydrogen) atoms. The lowest BCUT2D eigenvalue weighted by Gasteiger charge is -2.19. The molecule has 0 aliphatic heterocycles. The summed E-state index contributed by atoms with van der Waals surface area (Å²) in [6.45, 7) is 1.36. The number of anilines is 2. The highest BCUT2D eigenvalue weighted by Crippen LogP contribution is 2.15. The van der Waals surface area contributed by atoms with Gasteiger partial charge in [-0.25, -0.2) is 0 Å². The number of unbranched alkanes of at least 4 members (excludes halogenated alkanes) is 3. The van der Waals surface area contributed by atoms with Crippen LogP contribution in [0.4, 0.5) is 11.4 Å². The van der Waals surface area contributed by atoms with Gasteiger partial charge in [-0.1, -0.05) is 12.8 Å². The molecular weight excluding hydrogens is 200 g/mol. The molecule has 0 saturated carbocycles. The Morgan fingerprint density at radius 3 is 2.31 bits per heavy atom. The van der Waals surface area contributed by atoms with E-state index in [1.807, 2.05) is 24.3 Å². The first-order valence-corrected chi connectivity index (χ1v) is 5.91. The smallest absolute Gasteiger partial charge is 0.0431 e. The highest BCUT2D eigenvalue weighted by atomic mass is 16.2. The van der Waals surface area contributed by atoms with Crippen LogP contribution >= 0.6 is 0 Å². The van der Waals surface area contributed by atoms with E-state index < -0.39 is 0 Å². The predicted octanol–water partition coefficient (Wildman–Crippen LogP) is 2.26. The van der Waals surface area contributed by atoms with Crippen LogP contribution in [0.15, 0.2) is 24.3 Å². The van der Waals surface area contributed by atoms with Gasteiger partial charge in [0.2, 0.25) is 0 Å². The van der Waals surface area contributed by atoms with Crippen molar-refractivity contribution in [2.24, 2.45) is 0 Å². The van der Waals surface area contributed by atoms with Crippen molar-refractivity contribution in [2.45, 2.75) is 25.7 Å². The maximum Gasteiger partial charge on any atom is 0.0431 e. The molecule has 90 valence electrons. The Labute approximate surface area is 97.9 Å². The average Bonchev–Trinajstić information content (AvgIpc) is 2.29. The van der Waals surface area contributed by atoms with E-state index in [0.717, 1.165) is 25.1 Å². The molecule has 1 rings (SSSR count). The molecule has 0 aliphatic rings. The van der Waals surface area contributed by atoms with Gasteiger partial charge in [0.1, 0.15) is 0 Å². The molecule has 0 aromatic heterocycles. The number of nitrogen functional groups attached to an aromatic ring is 1. The van der Waals surface area contributed by atoms with Gasteiger partial charge in [-0.3, -0.25) is 0 Å². The maximum atomic E-state index is 8.66. The molecule has 0 aliphatic carbocycles. The van der Waals surface area contributed by atoms with Crippen molar-refractivity contribution in [3.8, 4) is 0 Å². The summed E-state index contributed by atoms with van der Waals surface area (Å²) in [5.41, 5.74) is 7.65. The van der Waals surface area contributed by atoms with Crippen molar-refractivity contribution in [3.63, 3.8) is 0 Å². The second-order valence-electron chi connectivity index (χ2n) is 4.15. The first-order chi connectivity index (χ1) is 7.74. The molecule has 0 fully saturated rings. The van der Waals surface area contributed by atoms with Crippen LogP contribution in [0, 0.1) is 0 Å². The van der Waals surface area contributed by atoms with Gasteiger partial charge < -0.3 is 15.7 Å². The first kappa shape index (κ1) is 12.8. The summed E-state index contributed by atoms with van der Waals surface area (Å²) in [4.78, 5) is 2.23. The lowest BCUT2D eigenvalue weighted by Crippen LogP contribution is -2.18. The van der Waals surface area contributed by atoms with Crippen LogP contribution in [0.3, 0.4) is 0 Å². The number of nitrogens with two attached hydrogens (primary N) is 1. The van der Waals surface area contributed by atoms with Crippen molar-refractivity contribution in [1.29, 1.82) is 0 Å². The predicted molar refractivity (Wildman–Crippen MR) is 69.7 cm³/mol. The zero-order valence-electron chi connectivity index (χ0n) is 10.0. The monoisotopic (exact) mass is 222 g/mol. The average molecular weight is 222 g/mol. The third-order valence-electron chi connectivity index (χ3n) is 2.74. The van der Waals surface area contributed by atoms with E-state index in [1.165, 1.54) is 18.5 Å². The third kappa shape index (κ3) is 4.53. The van der Waals surface area contributed by atoms with E-state index in [1.54, 1.807) is 0 Å². The van der Waals surface area contributed by atoms with Crippen molar-refractivity contribution >= 4 is 11.4 Å². The highest BCUT2D eigenvalue weighted by molar-refractivity contribution is 5.52. The van der Waals surface area contributed by atoms with E-state index in [9.17, 15) is 0 Å². The van der Waals surface area contributed by atoms with E-state index in [4.69, 9.17) is 10.8 Å². The molecular formula is C13H22N2O. The second kappa shape index (κ2) is 7.12. The van der Waals surface area contributed by atoms with Crippen molar-refractivity contribution in [3.05, 3.63) is 24.3 Å². The van der Waals surface area contributed by atoms with E-state index in [0.29, 0.717) is 6.61 Å². The van der Waals surface area contributed by atoms with Gasteiger partial charge in [0, 0.05) is 31.6 Å². The van der Waals surface area contributed by atoms with Crippen molar-refractivity contribution in [1.82, 2.24) is 0 Å². The van der Waals surface area contributed by atoms with Crippen LogP contribution in [0.2, 0.25) is 0 Å². The number of hydrogen-bond donors (Lipinski definition) is 2. The maximum absolute atomic E-state index is 8.66. The summed E-state index contributed by atoms with van der Waals surface area (Å²) in [5.74, 6) is 0. The van der Waals surface area contributed by atoms with E-state index in [-0.39, 0.29) is 0 Å². The molecule has 0 radical (unpaired) electrons. The normalized spacial score (nSPS) is 10.4. The van der Waals surface area contributed by atoms with Crippen LogP contribution in [0.25, 0.3) is 0 Å². The van der Waals surface area contributed by atoms with Crippen LogP contribution in [0.1, 0.15) is 25.7 Å². The number of benzene rings is 1. The lowest BCUT2D eigenvalue weighted by molar-refractivity contribution is 0.282. The highest BCUT2D eigenvalue weighted by Gasteiger charge is 1.99. The van der Waals surface area contributed by atoms with Crippen molar-refractivity contribution in [2.75, 3.05) is 30.8 Å². The molecule has 0 atom stereocenters. The van der Waals surface area contributed by atoms with Crippen LogP contribution in [0.5, 0.6) is 0 Å². The quantitative estimate of drug-likeness (QED) is 0.549. The molecule has 3 N–H and O–H groups in total. The molecule has 0 unspecified atom stereocenters. The Morgan fingerprint density at radius 1 is 1.06 bits per heavy atom. The minimum Gasteiger partial charge on any atom is -0.399 e. The molecule has 0 spiro atoms. The molecule has 3 nitrogen and oxygen atoms in total. The molecule has 0 heterocycles. The largest absolute Gasteiger partial charge is 0.399 e. The molecule has 1 aromatic carbocycles. The zero-order chi connectivity index (χ0) is 11.8. The Hall–Kier alpha value is -1.22. The van der Waals surface area contributed by atoms with Gasteiger partial charge in [0.15, 0.2) is 0 Å². The summed E-state index contributed by atoms with van der Waals surface area (Å²) in [5, 5.41) is 8.66. The molecule has 1 aromatic rings. The van der Waals surface area contributed by atoms with Gasteiger partial charge in [-0.2, -0.15) is 0 Å². The van der Waals surface area contributed by atoms with E-state index in [2.05, 4.69) is 11.9 Å². The Morgan fingerprint density at radius 2 is 1.69 bits per heavy atom. The minimum atomic E-state index is 0.313. The topological polar surface area (TPSA) is 49.5 Å². The summed E-state index contributed by atoms with van der Waals surface area (Å²) in [7, 11) is 2.09. The number of aliphatic hydroxyl groups is 1. The molecule has 3 heteroatoms. The SMILES string of the molecule is CN(CCCCCCO)c1ccc(N)cc1. The summed E-state index contributed by atoms with van der Waals surface area (Å²) in [6, 6.07) is 7.95. The zero-order valence-corrected chi connectivity index (χ0v) is 10.0. The van der Waals surface area contributed by atoms with Gasteiger partial charge in [-0.05, 0) is 37.1 Å². The molecule has 0 amide bonds. The summed E-state index contributed by atoms with van der Waals surface area (Å²) < 4.78 is 0. The van der Waals surface area contributed by atoms with Gasteiger partial charge >= 0.3 is 0 Å². The van der Waals surface area contributed by atoms with Gasteiger partial charge in [0.25, 0.3) is 0 Å². The number of rotatable bonds is 7. The Bertz CT molecular complexity index is 284. The van der Waals surface area contributed by atoms with Crippen LogP contribution in [-0.4, -0.2) is 25.3 Å². The fourth-order valence-electron chi connectivity index (χ4n) is 1.67. The molecule has 0 saturated heterocycles. The number of hydrogen-bond acceptors (Lipinski definition) is 3. The standard InChI is InChI=1S/C13H22N2O/c1-15(10-4-2-3-5-11-16)13-8-6-12(14)7-9-13/h6-9,16H,2-5,10-11,14H2,1H3. The van der Waals surface area contributed by atoms with Crippen molar-refractivity contribution < 1.29 is 5.11 Å². The fourth-order valence-corrected chi connectivity index (χ4v) is 1.67. The minimum absolute atomic E-state index is 0.313. The van der Waals surface area contributed by atoms with E-state index >= 15 is 0 Å². The first-order valence-electron chi connectivity index (χ1n) is 5.91. The fraction of sp³-hybridized carbons (Fsp3) is 0.538. The number of aliphatic hydroxyl groups excluding tert-OH is 1.